The summed E-state index contributed by atoms with van der Waals surface area (Å²) in [7, 11) is 1.58. The van der Waals surface area contributed by atoms with Gasteiger partial charge < -0.3 is 10.1 Å². The zero-order valence-electron chi connectivity index (χ0n) is 11.4. The number of hydrogen-bond acceptors (Lipinski definition) is 3. The Morgan fingerprint density at radius 3 is 2.48 bits per heavy atom. The molecule has 0 fully saturated rings. The Kier molecular flexibility index (Phi) is 4.67. The maximum Gasteiger partial charge on any atom is 0.419 e. The standard InChI is InChI=1S/C15H15F3N2O/c1-21-12-6-4-11(5-7-12)8-10-20-14-13(15(16,17)18)3-2-9-19-14/h2-7,9H,8,10H2,1H3,(H,19,20). The highest BCUT2D eigenvalue weighted by Crippen LogP contribution is 2.33. The van der Waals surface area contributed by atoms with Gasteiger partial charge in [0.15, 0.2) is 0 Å². The van der Waals surface area contributed by atoms with Crippen LogP contribution in [0.25, 0.3) is 0 Å². The highest BCUT2D eigenvalue weighted by atomic mass is 19.4. The summed E-state index contributed by atoms with van der Waals surface area (Å²) >= 11 is 0. The van der Waals surface area contributed by atoms with Crippen LogP contribution in [0.1, 0.15) is 11.1 Å². The molecule has 1 aromatic carbocycles. The van der Waals surface area contributed by atoms with Crippen LogP contribution in [-0.4, -0.2) is 18.6 Å². The SMILES string of the molecule is COc1ccc(CCNc2ncccc2C(F)(F)F)cc1. The smallest absolute Gasteiger partial charge is 0.419 e. The maximum atomic E-state index is 12.8. The van der Waals surface area contributed by atoms with Crippen molar-refractivity contribution in [2.45, 2.75) is 12.6 Å². The number of nitrogens with one attached hydrogen (secondary N) is 1. The molecule has 0 radical (unpaired) electrons. The molecule has 0 aliphatic carbocycles. The van der Waals surface area contributed by atoms with Crippen LogP contribution >= 0.6 is 0 Å². The van der Waals surface area contributed by atoms with Crippen LogP contribution in [0.3, 0.4) is 0 Å². The summed E-state index contributed by atoms with van der Waals surface area (Å²) in [5, 5.41) is 2.73. The van der Waals surface area contributed by atoms with Gasteiger partial charge in [-0.2, -0.15) is 13.2 Å². The van der Waals surface area contributed by atoms with Gasteiger partial charge in [0.2, 0.25) is 0 Å². The first-order valence-electron chi connectivity index (χ1n) is 6.39. The van der Waals surface area contributed by atoms with Gasteiger partial charge in [-0.05, 0) is 36.2 Å². The molecule has 6 heteroatoms. The average Bonchev–Trinajstić information content (AvgIpc) is 2.47. The highest BCUT2D eigenvalue weighted by molar-refractivity contribution is 5.45. The zero-order chi connectivity index (χ0) is 15.3. The van der Waals surface area contributed by atoms with Crippen molar-refractivity contribution in [3.63, 3.8) is 0 Å². The lowest BCUT2D eigenvalue weighted by Gasteiger charge is -2.13. The Bertz CT molecular complexity index is 582. The molecule has 2 rings (SSSR count). The van der Waals surface area contributed by atoms with E-state index in [4.69, 9.17) is 4.74 Å². The second kappa shape index (κ2) is 6.47. The van der Waals surface area contributed by atoms with Gasteiger partial charge >= 0.3 is 6.18 Å². The first-order valence-corrected chi connectivity index (χ1v) is 6.39. The minimum atomic E-state index is -4.41. The van der Waals surface area contributed by atoms with E-state index in [9.17, 15) is 13.2 Å². The number of anilines is 1. The minimum absolute atomic E-state index is 0.140. The Hall–Kier alpha value is -2.24. The fourth-order valence-corrected chi connectivity index (χ4v) is 1.89. The van der Waals surface area contributed by atoms with Crippen LogP contribution in [0.15, 0.2) is 42.6 Å². The van der Waals surface area contributed by atoms with Crippen molar-refractivity contribution in [1.82, 2.24) is 4.98 Å². The molecule has 21 heavy (non-hydrogen) atoms. The molecule has 112 valence electrons. The molecule has 0 aliphatic rings. The van der Waals surface area contributed by atoms with Crippen molar-refractivity contribution in [1.29, 1.82) is 0 Å². The van der Waals surface area contributed by atoms with Crippen LogP contribution in [0.5, 0.6) is 5.75 Å². The first-order chi connectivity index (χ1) is 10.0. The number of halogens is 3. The predicted octanol–water partition coefficient (Wildman–Crippen LogP) is 3.76. The van der Waals surface area contributed by atoms with Crippen LogP contribution in [-0.2, 0) is 12.6 Å². The monoisotopic (exact) mass is 296 g/mol. The van der Waals surface area contributed by atoms with Gasteiger partial charge in [0.25, 0.3) is 0 Å². The van der Waals surface area contributed by atoms with Crippen LogP contribution in [0.2, 0.25) is 0 Å². The molecule has 1 N–H and O–H groups in total. The number of rotatable bonds is 5. The molecule has 2 aromatic rings. The van der Waals surface area contributed by atoms with Gasteiger partial charge in [-0.25, -0.2) is 4.98 Å². The fraction of sp³-hybridized carbons (Fsp3) is 0.267. The van der Waals surface area contributed by atoms with Crippen molar-refractivity contribution in [3.8, 4) is 5.75 Å². The second-order valence-corrected chi connectivity index (χ2v) is 4.42. The molecule has 0 spiro atoms. The Labute approximate surface area is 120 Å². The summed E-state index contributed by atoms with van der Waals surface area (Å²) in [6.45, 7) is 0.367. The molecule has 1 heterocycles. The third-order valence-corrected chi connectivity index (χ3v) is 2.98. The predicted molar refractivity (Wildman–Crippen MR) is 74.4 cm³/mol. The number of hydrogen-bond donors (Lipinski definition) is 1. The quantitative estimate of drug-likeness (QED) is 0.912. The lowest BCUT2D eigenvalue weighted by atomic mass is 10.1. The van der Waals surface area contributed by atoms with E-state index < -0.39 is 11.7 Å². The number of benzene rings is 1. The van der Waals surface area contributed by atoms with E-state index in [0.717, 1.165) is 17.4 Å². The molecule has 1 aromatic heterocycles. The summed E-state index contributed by atoms with van der Waals surface area (Å²) in [4.78, 5) is 3.75. The maximum absolute atomic E-state index is 12.8. The number of ether oxygens (including phenoxy) is 1. The van der Waals surface area contributed by atoms with Crippen molar-refractivity contribution in [2.24, 2.45) is 0 Å². The summed E-state index contributed by atoms with van der Waals surface area (Å²) < 4.78 is 43.4. The fourth-order valence-electron chi connectivity index (χ4n) is 1.89. The van der Waals surface area contributed by atoms with Crippen molar-refractivity contribution < 1.29 is 17.9 Å². The summed E-state index contributed by atoms with van der Waals surface area (Å²) in [6, 6.07) is 9.68. The Balaban J connectivity index is 1.97. The van der Waals surface area contributed by atoms with E-state index in [1.54, 1.807) is 7.11 Å². The van der Waals surface area contributed by atoms with Crippen LogP contribution in [0.4, 0.5) is 19.0 Å². The Morgan fingerprint density at radius 1 is 1.14 bits per heavy atom. The van der Waals surface area contributed by atoms with Gasteiger partial charge in [-0.15, -0.1) is 0 Å². The molecule has 0 saturated carbocycles. The Morgan fingerprint density at radius 2 is 1.86 bits per heavy atom. The number of pyridine rings is 1. The van der Waals surface area contributed by atoms with E-state index in [0.29, 0.717) is 13.0 Å². The topological polar surface area (TPSA) is 34.1 Å². The number of aromatic nitrogens is 1. The van der Waals surface area contributed by atoms with E-state index in [2.05, 4.69) is 10.3 Å². The lowest BCUT2D eigenvalue weighted by Crippen LogP contribution is -2.14. The molecule has 0 atom stereocenters. The molecular formula is C15H15F3N2O. The number of nitrogens with zero attached hydrogens (tertiary/aromatic N) is 1. The molecule has 0 aliphatic heterocycles. The van der Waals surface area contributed by atoms with Gasteiger partial charge in [0.1, 0.15) is 11.6 Å². The van der Waals surface area contributed by atoms with Gasteiger partial charge in [0.05, 0.1) is 12.7 Å². The third-order valence-electron chi connectivity index (χ3n) is 2.98. The summed E-state index contributed by atoms with van der Waals surface area (Å²) in [5.74, 6) is 0.606. The second-order valence-electron chi connectivity index (χ2n) is 4.42. The van der Waals surface area contributed by atoms with Crippen molar-refractivity contribution in [2.75, 3.05) is 19.0 Å². The normalized spacial score (nSPS) is 11.2. The molecule has 3 nitrogen and oxygen atoms in total. The minimum Gasteiger partial charge on any atom is -0.497 e. The van der Waals surface area contributed by atoms with Gasteiger partial charge in [0, 0.05) is 12.7 Å². The van der Waals surface area contributed by atoms with E-state index in [-0.39, 0.29) is 5.82 Å². The van der Waals surface area contributed by atoms with Crippen molar-refractivity contribution in [3.05, 3.63) is 53.7 Å². The average molecular weight is 296 g/mol. The van der Waals surface area contributed by atoms with Crippen LogP contribution in [0, 0.1) is 0 Å². The zero-order valence-corrected chi connectivity index (χ0v) is 11.4. The largest absolute Gasteiger partial charge is 0.497 e. The molecular weight excluding hydrogens is 281 g/mol. The number of alkyl halides is 3. The van der Waals surface area contributed by atoms with Crippen LogP contribution < -0.4 is 10.1 Å². The van der Waals surface area contributed by atoms with E-state index >= 15 is 0 Å². The summed E-state index contributed by atoms with van der Waals surface area (Å²) in [6.07, 6.45) is -2.47. The van der Waals surface area contributed by atoms with E-state index in [1.807, 2.05) is 24.3 Å². The third kappa shape index (κ3) is 4.11. The van der Waals surface area contributed by atoms with E-state index in [1.165, 1.54) is 12.3 Å². The molecule has 0 saturated heterocycles. The van der Waals surface area contributed by atoms with Crippen molar-refractivity contribution >= 4 is 5.82 Å². The molecule has 0 unspecified atom stereocenters. The van der Waals surface area contributed by atoms with Gasteiger partial charge in [-0.3, -0.25) is 0 Å². The first kappa shape index (κ1) is 15.2. The summed E-state index contributed by atoms with van der Waals surface area (Å²) in [5.41, 5.74) is 0.257. The lowest BCUT2D eigenvalue weighted by molar-refractivity contribution is -0.137. The molecule has 0 amide bonds. The highest BCUT2D eigenvalue weighted by Gasteiger charge is 2.33. The molecule has 0 bridgehead atoms. The number of methoxy groups -OCH3 is 1. The van der Waals surface area contributed by atoms with Gasteiger partial charge in [-0.1, -0.05) is 12.1 Å².